The summed E-state index contributed by atoms with van der Waals surface area (Å²) < 4.78 is 2.09. The van der Waals surface area contributed by atoms with Crippen LogP contribution in [0.15, 0.2) is 30.5 Å². The van der Waals surface area contributed by atoms with Crippen LogP contribution in [-0.4, -0.2) is 30.2 Å². The van der Waals surface area contributed by atoms with Crippen molar-refractivity contribution in [3.8, 4) is 11.4 Å². The Morgan fingerprint density at radius 3 is 2.91 bits per heavy atom. The molecule has 0 radical (unpaired) electrons. The Morgan fingerprint density at radius 1 is 1.27 bits per heavy atom. The Labute approximate surface area is 133 Å². The van der Waals surface area contributed by atoms with E-state index in [-0.39, 0.29) is 0 Å². The predicted octanol–water partition coefficient (Wildman–Crippen LogP) is 3.11. The van der Waals surface area contributed by atoms with Crippen LogP contribution < -0.4 is 0 Å². The van der Waals surface area contributed by atoms with Crippen molar-refractivity contribution in [2.75, 3.05) is 0 Å². The van der Waals surface area contributed by atoms with Crippen molar-refractivity contribution in [2.45, 2.75) is 32.7 Å². The number of benzene rings is 1. The van der Waals surface area contributed by atoms with E-state index in [0.717, 1.165) is 36.2 Å². The molecule has 0 bridgehead atoms. The Bertz CT molecular complexity index is 734. The molecule has 22 heavy (non-hydrogen) atoms. The molecular weight excluding hydrogens is 300 g/mol. The monoisotopic (exact) mass is 316 g/mol. The predicted molar refractivity (Wildman–Crippen MR) is 84.6 cm³/mol. The number of H-pyrrole nitrogens is 1. The maximum absolute atomic E-state index is 6.08. The summed E-state index contributed by atoms with van der Waals surface area (Å²) in [6.45, 7) is 2.85. The summed E-state index contributed by atoms with van der Waals surface area (Å²) in [6.07, 6.45) is 5.02. The lowest BCUT2D eigenvalue weighted by atomic mass is 10.1. The summed E-state index contributed by atoms with van der Waals surface area (Å²) >= 11 is 6.08. The molecule has 3 aromatic rings. The van der Waals surface area contributed by atoms with Crippen molar-refractivity contribution in [3.63, 3.8) is 0 Å². The van der Waals surface area contributed by atoms with Crippen LogP contribution in [-0.2, 0) is 13.0 Å². The number of nitrogens with zero attached hydrogens (tertiary/aromatic N) is 5. The van der Waals surface area contributed by atoms with Crippen LogP contribution in [0.25, 0.3) is 11.4 Å². The Hall–Kier alpha value is -2.21. The first kappa shape index (κ1) is 14.7. The minimum atomic E-state index is 0.531. The average molecular weight is 317 g/mol. The second-order valence-electron chi connectivity index (χ2n) is 5.10. The molecule has 0 unspecified atom stereocenters. The number of nitrogens with one attached hydrogen (secondary N) is 1. The van der Waals surface area contributed by atoms with Gasteiger partial charge in [-0.2, -0.15) is 5.21 Å². The highest BCUT2D eigenvalue weighted by Crippen LogP contribution is 2.22. The van der Waals surface area contributed by atoms with Crippen LogP contribution in [0.2, 0.25) is 5.15 Å². The number of unbranched alkanes of at least 4 members (excludes halogenated alkanes) is 1. The summed E-state index contributed by atoms with van der Waals surface area (Å²) in [5.41, 5.74) is 2.07. The van der Waals surface area contributed by atoms with E-state index in [9.17, 15) is 0 Å². The van der Waals surface area contributed by atoms with Crippen molar-refractivity contribution < 1.29 is 0 Å². The van der Waals surface area contributed by atoms with Gasteiger partial charge in [-0.25, -0.2) is 4.98 Å². The summed E-state index contributed by atoms with van der Waals surface area (Å²) in [5.74, 6) is 1.60. The quantitative estimate of drug-likeness (QED) is 0.758. The molecule has 0 atom stereocenters. The molecule has 0 aliphatic rings. The summed E-state index contributed by atoms with van der Waals surface area (Å²) in [4.78, 5) is 4.42. The Balaban J connectivity index is 1.91. The number of aromatic amines is 1. The normalized spacial score (nSPS) is 11.0. The topological polar surface area (TPSA) is 72.3 Å². The molecule has 0 fully saturated rings. The number of halogens is 1. The molecule has 0 aliphatic carbocycles. The fraction of sp³-hybridized carbons (Fsp3) is 0.333. The standard InChI is InChI=1S/C15H17ClN6/c1-2-3-8-14-17-13(16)10-22(14)9-11-6-4-5-7-12(11)15-18-20-21-19-15/h4-7,10H,2-3,8-9H2,1H3,(H,18,19,20,21). The minimum absolute atomic E-state index is 0.531. The number of hydrogen-bond acceptors (Lipinski definition) is 4. The molecule has 0 aliphatic heterocycles. The molecule has 1 aromatic carbocycles. The maximum atomic E-state index is 6.08. The molecule has 0 amide bonds. The zero-order chi connectivity index (χ0) is 15.4. The number of tetrazole rings is 1. The van der Waals surface area contributed by atoms with Crippen molar-refractivity contribution in [3.05, 3.63) is 47.0 Å². The summed E-state index contributed by atoms with van der Waals surface area (Å²) in [7, 11) is 0. The highest BCUT2D eigenvalue weighted by atomic mass is 35.5. The van der Waals surface area contributed by atoms with E-state index in [4.69, 9.17) is 11.6 Å². The molecule has 6 nitrogen and oxygen atoms in total. The first-order chi connectivity index (χ1) is 10.8. The average Bonchev–Trinajstić information content (AvgIpc) is 3.16. The Morgan fingerprint density at radius 2 is 2.14 bits per heavy atom. The van der Waals surface area contributed by atoms with Crippen molar-refractivity contribution in [1.82, 2.24) is 30.2 Å². The molecule has 1 N–H and O–H groups in total. The van der Waals surface area contributed by atoms with Gasteiger partial charge >= 0.3 is 0 Å². The largest absolute Gasteiger partial charge is 0.329 e. The van der Waals surface area contributed by atoms with Crippen LogP contribution in [0.5, 0.6) is 0 Å². The van der Waals surface area contributed by atoms with Crippen molar-refractivity contribution in [1.29, 1.82) is 0 Å². The maximum Gasteiger partial charge on any atom is 0.205 e. The summed E-state index contributed by atoms with van der Waals surface area (Å²) in [6, 6.07) is 8.02. The van der Waals surface area contributed by atoms with E-state index in [1.807, 2.05) is 24.4 Å². The van der Waals surface area contributed by atoms with E-state index >= 15 is 0 Å². The molecule has 2 aromatic heterocycles. The van der Waals surface area contributed by atoms with Gasteiger partial charge in [0, 0.05) is 24.7 Å². The first-order valence-electron chi connectivity index (χ1n) is 7.31. The summed E-state index contributed by atoms with van der Waals surface area (Å²) in [5, 5.41) is 14.8. The zero-order valence-corrected chi connectivity index (χ0v) is 13.1. The van der Waals surface area contributed by atoms with E-state index in [2.05, 4.69) is 43.2 Å². The van der Waals surface area contributed by atoms with Gasteiger partial charge < -0.3 is 4.57 Å². The molecule has 0 spiro atoms. The van der Waals surface area contributed by atoms with Gasteiger partial charge in [0.15, 0.2) is 0 Å². The third-order valence-electron chi connectivity index (χ3n) is 3.53. The van der Waals surface area contributed by atoms with Gasteiger partial charge in [0.1, 0.15) is 11.0 Å². The van der Waals surface area contributed by atoms with E-state index < -0.39 is 0 Å². The van der Waals surface area contributed by atoms with Crippen molar-refractivity contribution in [2.24, 2.45) is 0 Å². The lowest BCUT2D eigenvalue weighted by molar-refractivity contribution is 0.678. The van der Waals surface area contributed by atoms with Crippen LogP contribution in [0.3, 0.4) is 0 Å². The van der Waals surface area contributed by atoms with Gasteiger partial charge in [0.2, 0.25) is 5.82 Å². The molecule has 7 heteroatoms. The second-order valence-corrected chi connectivity index (χ2v) is 5.49. The highest BCUT2D eigenvalue weighted by Gasteiger charge is 2.12. The molecule has 0 saturated carbocycles. The molecule has 114 valence electrons. The van der Waals surface area contributed by atoms with Crippen LogP contribution in [0.1, 0.15) is 31.2 Å². The minimum Gasteiger partial charge on any atom is -0.329 e. The lowest BCUT2D eigenvalue weighted by Crippen LogP contribution is -2.06. The van der Waals surface area contributed by atoms with Crippen LogP contribution in [0, 0.1) is 0 Å². The molecular formula is C15H17ClN6. The molecule has 3 rings (SSSR count). The smallest absolute Gasteiger partial charge is 0.205 e. The fourth-order valence-corrected chi connectivity index (χ4v) is 2.64. The van der Waals surface area contributed by atoms with Crippen LogP contribution in [0.4, 0.5) is 0 Å². The second kappa shape index (κ2) is 6.70. The van der Waals surface area contributed by atoms with E-state index in [0.29, 0.717) is 17.5 Å². The Kier molecular flexibility index (Phi) is 4.48. The van der Waals surface area contributed by atoms with Gasteiger partial charge in [-0.15, -0.1) is 10.2 Å². The molecule has 0 saturated heterocycles. The number of rotatable bonds is 6. The number of imidazole rings is 1. The van der Waals surface area contributed by atoms with Gasteiger partial charge in [-0.1, -0.05) is 49.2 Å². The van der Waals surface area contributed by atoms with E-state index in [1.54, 1.807) is 0 Å². The van der Waals surface area contributed by atoms with E-state index in [1.165, 1.54) is 0 Å². The van der Waals surface area contributed by atoms with Gasteiger partial charge in [-0.05, 0) is 17.2 Å². The highest BCUT2D eigenvalue weighted by molar-refractivity contribution is 6.29. The number of aromatic nitrogens is 6. The zero-order valence-electron chi connectivity index (χ0n) is 12.3. The first-order valence-corrected chi connectivity index (χ1v) is 7.69. The number of hydrogen-bond donors (Lipinski definition) is 1. The third-order valence-corrected chi connectivity index (χ3v) is 3.71. The molecule has 2 heterocycles. The fourth-order valence-electron chi connectivity index (χ4n) is 2.43. The van der Waals surface area contributed by atoms with Gasteiger partial charge in [-0.3, -0.25) is 0 Å². The third kappa shape index (κ3) is 3.17. The lowest BCUT2D eigenvalue weighted by Gasteiger charge is -2.10. The SMILES string of the molecule is CCCCc1nc(Cl)cn1Cc1ccccc1-c1nn[nH]n1. The van der Waals surface area contributed by atoms with Crippen LogP contribution >= 0.6 is 11.6 Å². The van der Waals surface area contributed by atoms with Gasteiger partial charge in [0.05, 0.1) is 0 Å². The van der Waals surface area contributed by atoms with Crippen molar-refractivity contribution >= 4 is 11.6 Å². The number of aryl methyl sites for hydroxylation is 1. The van der Waals surface area contributed by atoms with Gasteiger partial charge in [0.25, 0.3) is 0 Å².